The average molecular weight is 183 g/mol. The summed E-state index contributed by atoms with van der Waals surface area (Å²) in [6, 6.07) is 0. The molecule has 0 saturated heterocycles. The lowest BCUT2D eigenvalue weighted by Gasteiger charge is -2.12. The molecule has 1 N–H and O–H groups in total. The molecule has 1 aliphatic rings. The Morgan fingerprint density at radius 3 is 2.23 bits per heavy atom. The van der Waals surface area contributed by atoms with E-state index in [1.165, 1.54) is 17.1 Å². The van der Waals surface area contributed by atoms with Crippen LogP contribution in [0.2, 0.25) is 0 Å². The maximum atomic E-state index is 11.0. The minimum absolute atomic E-state index is 0.167. The Kier molecular flexibility index (Phi) is 3.64. The van der Waals surface area contributed by atoms with E-state index in [1.54, 1.807) is 0 Å². The SMILES string of the molecule is O=C1C=CC(=O)N1CCCCCO. The van der Waals surface area contributed by atoms with Gasteiger partial charge in [0.25, 0.3) is 11.8 Å². The van der Waals surface area contributed by atoms with Crippen LogP contribution in [-0.2, 0) is 9.59 Å². The van der Waals surface area contributed by atoms with Crippen LogP contribution < -0.4 is 0 Å². The number of nitrogens with zero attached hydrogens (tertiary/aromatic N) is 1. The van der Waals surface area contributed by atoms with Crippen molar-refractivity contribution in [2.75, 3.05) is 13.2 Å². The van der Waals surface area contributed by atoms with Crippen molar-refractivity contribution in [3.05, 3.63) is 12.2 Å². The molecule has 4 heteroatoms. The molecule has 0 saturated carbocycles. The fraction of sp³-hybridized carbons (Fsp3) is 0.556. The zero-order valence-electron chi connectivity index (χ0n) is 7.40. The second-order valence-electron chi connectivity index (χ2n) is 2.95. The van der Waals surface area contributed by atoms with Crippen LogP contribution in [0, 0.1) is 0 Å². The Morgan fingerprint density at radius 1 is 1.08 bits per heavy atom. The maximum Gasteiger partial charge on any atom is 0.253 e. The van der Waals surface area contributed by atoms with Crippen molar-refractivity contribution in [2.24, 2.45) is 0 Å². The number of hydrogen-bond donors (Lipinski definition) is 1. The predicted octanol–water partition coefficient (Wildman–Crippen LogP) is 0.0740. The molecule has 0 aliphatic carbocycles. The molecule has 1 rings (SSSR count). The molecule has 0 atom stereocenters. The fourth-order valence-electron chi connectivity index (χ4n) is 1.21. The summed E-state index contributed by atoms with van der Waals surface area (Å²) in [6.45, 7) is 0.630. The van der Waals surface area contributed by atoms with Gasteiger partial charge in [0.1, 0.15) is 0 Å². The number of rotatable bonds is 5. The Bertz CT molecular complexity index is 217. The number of aliphatic hydroxyl groups is 1. The lowest BCUT2D eigenvalue weighted by molar-refractivity contribution is -0.136. The first-order valence-corrected chi connectivity index (χ1v) is 4.40. The average Bonchev–Trinajstić information content (AvgIpc) is 2.42. The van der Waals surface area contributed by atoms with Crippen LogP contribution in [0.25, 0.3) is 0 Å². The third-order valence-electron chi connectivity index (χ3n) is 1.94. The van der Waals surface area contributed by atoms with Gasteiger partial charge >= 0.3 is 0 Å². The van der Waals surface area contributed by atoms with Crippen molar-refractivity contribution in [1.82, 2.24) is 4.90 Å². The van der Waals surface area contributed by atoms with Crippen LogP contribution in [0.3, 0.4) is 0 Å². The summed E-state index contributed by atoms with van der Waals surface area (Å²) in [5.74, 6) is -0.456. The van der Waals surface area contributed by atoms with Crippen molar-refractivity contribution in [3.63, 3.8) is 0 Å². The first-order valence-electron chi connectivity index (χ1n) is 4.40. The number of carbonyl (C=O) groups excluding carboxylic acids is 2. The summed E-state index contributed by atoms with van der Waals surface area (Å²) in [5.41, 5.74) is 0. The van der Waals surface area contributed by atoms with Gasteiger partial charge in [0.2, 0.25) is 0 Å². The highest BCUT2D eigenvalue weighted by Crippen LogP contribution is 2.06. The Morgan fingerprint density at radius 2 is 1.69 bits per heavy atom. The van der Waals surface area contributed by atoms with Crippen LogP contribution in [0.15, 0.2) is 12.2 Å². The molecule has 0 aromatic carbocycles. The van der Waals surface area contributed by atoms with E-state index in [0.717, 1.165) is 19.3 Å². The van der Waals surface area contributed by atoms with Gasteiger partial charge in [0, 0.05) is 25.3 Å². The molecule has 4 nitrogen and oxygen atoms in total. The molecule has 0 fully saturated rings. The number of unbranched alkanes of at least 4 members (excludes halogenated alkanes) is 2. The van der Waals surface area contributed by atoms with Gasteiger partial charge in [-0.3, -0.25) is 14.5 Å². The van der Waals surface area contributed by atoms with Gasteiger partial charge in [0.15, 0.2) is 0 Å². The number of aliphatic hydroxyl groups excluding tert-OH is 1. The zero-order valence-corrected chi connectivity index (χ0v) is 7.40. The first kappa shape index (κ1) is 9.92. The van der Waals surface area contributed by atoms with Gasteiger partial charge in [-0.1, -0.05) is 0 Å². The summed E-state index contributed by atoms with van der Waals surface area (Å²) < 4.78 is 0. The molecule has 72 valence electrons. The second-order valence-corrected chi connectivity index (χ2v) is 2.95. The molecule has 0 aromatic heterocycles. The van der Waals surface area contributed by atoms with Gasteiger partial charge in [-0.05, 0) is 19.3 Å². The molecule has 0 bridgehead atoms. The highest BCUT2D eigenvalue weighted by Gasteiger charge is 2.21. The molecule has 0 radical (unpaired) electrons. The molecule has 1 heterocycles. The van der Waals surface area contributed by atoms with E-state index in [4.69, 9.17) is 5.11 Å². The molecule has 2 amide bonds. The third kappa shape index (κ3) is 2.66. The minimum atomic E-state index is -0.228. The van der Waals surface area contributed by atoms with E-state index < -0.39 is 0 Å². The van der Waals surface area contributed by atoms with Crippen LogP contribution >= 0.6 is 0 Å². The van der Waals surface area contributed by atoms with Crippen molar-refractivity contribution >= 4 is 11.8 Å². The van der Waals surface area contributed by atoms with Crippen LogP contribution in [-0.4, -0.2) is 35.0 Å². The normalized spacial score (nSPS) is 15.9. The van der Waals surface area contributed by atoms with Gasteiger partial charge in [0.05, 0.1) is 0 Å². The summed E-state index contributed by atoms with van der Waals surface area (Å²) in [6.07, 6.45) is 4.90. The van der Waals surface area contributed by atoms with E-state index >= 15 is 0 Å². The monoisotopic (exact) mass is 183 g/mol. The Hall–Kier alpha value is -1.16. The summed E-state index contributed by atoms with van der Waals surface area (Å²) in [4.78, 5) is 23.3. The number of carbonyl (C=O) groups is 2. The summed E-state index contributed by atoms with van der Waals surface area (Å²) in [7, 11) is 0. The van der Waals surface area contributed by atoms with E-state index in [9.17, 15) is 9.59 Å². The minimum Gasteiger partial charge on any atom is -0.396 e. The smallest absolute Gasteiger partial charge is 0.253 e. The zero-order chi connectivity index (χ0) is 9.68. The maximum absolute atomic E-state index is 11.0. The van der Waals surface area contributed by atoms with Gasteiger partial charge in [-0.2, -0.15) is 0 Å². The van der Waals surface area contributed by atoms with Crippen molar-refractivity contribution in [3.8, 4) is 0 Å². The van der Waals surface area contributed by atoms with E-state index in [2.05, 4.69) is 0 Å². The largest absolute Gasteiger partial charge is 0.396 e. The quantitative estimate of drug-likeness (QED) is 0.485. The van der Waals surface area contributed by atoms with E-state index in [1.807, 2.05) is 0 Å². The lowest BCUT2D eigenvalue weighted by atomic mass is 10.2. The Labute approximate surface area is 76.8 Å². The molecular weight excluding hydrogens is 170 g/mol. The third-order valence-corrected chi connectivity index (χ3v) is 1.94. The molecule has 13 heavy (non-hydrogen) atoms. The van der Waals surface area contributed by atoms with Gasteiger partial charge in [-0.25, -0.2) is 0 Å². The Balaban J connectivity index is 2.22. The standard InChI is InChI=1S/C9H13NO3/c11-7-3-1-2-6-10-8(12)4-5-9(10)13/h4-5,11H,1-3,6-7H2. The number of hydrogen-bond acceptors (Lipinski definition) is 3. The van der Waals surface area contributed by atoms with Crippen LogP contribution in [0.5, 0.6) is 0 Å². The van der Waals surface area contributed by atoms with E-state index in [-0.39, 0.29) is 18.4 Å². The number of imide groups is 1. The summed E-state index contributed by atoms with van der Waals surface area (Å²) >= 11 is 0. The first-order chi connectivity index (χ1) is 6.25. The molecule has 0 unspecified atom stereocenters. The van der Waals surface area contributed by atoms with Gasteiger partial charge < -0.3 is 5.11 Å². The second kappa shape index (κ2) is 4.77. The molecular formula is C9H13NO3. The highest BCUT2D eigenvalue weighted by molar-refractivity contribution is 6.12. The van der Waals surface area contributed by atoms with Crippen molar-refractivity contribution in [2.45, 2.75) is 19.3 Å². The predicted molar refractivity (Wildman–Crippen MR) is 46.8 cm³/mol. The van der Waals surface area contributed by atoms with Crippen LogP contribution in [0.1, 0.15) is 19.3 Å². The lowest BCUT2D eigenvalue weighted by Crippen LogP contribution is -2.30. The van der Waals surface area contributed by atoms with Gasteiger partial charge in [-0.15, -0.1) is 0 Å². The van der Waals surface area contributed by atoms with Crippen LogP contribution in [0.4, 0.5) is 0 Å². The highest BCUT2D eigenvalue weighted by atomic mass is 16.3. The van der Waals surface area contributed by atoms with E-state index in [0.29, 0.717) is 6.54 Å². The fourth-order valence-corrected chi connectivity index (χ4v) is 1.21. The molecule has 0 aromatic rings. The number of amides is 2. The molecule has 0 spiro atoms. The van der Waals surface area contributed by atoms with Crippen molar-refractivity contribution < 1.29 is 14.7 Å². The topological polar surface area (TPSA) is 57.6 Å². The van der Waals surface area contributed by atoms with Crippen molar-refractivity contribution in [1.29, 1.82) is 0 Å². The summed E-state index contributed by atoms with van der Waals surface area (Å²) in [5, 5.41) is 8.50. The molecule has 1 aliphatic heterocycles.